The molecule has 5 nitrogen and oxygen atoms in total. The Morgan fingerprint density at radius 2 is 2.00 bits per heavy atom. The molecule has 1 aromatic heterocycles. The molecule has 78 valence electrons. The van der Waals surface area contributed by atoms with Gasteiger partial charge in [0.15, 0.2) is 0 Å². The molecule has 2 rings (SSSR count). The van der Waals surface area contributed by atoms with Gasteiger partial charge in [-0.15, -0.1) is 0 Å². The second-order valence-corrected chi connectivity index (χ2v) is 3.10. The number of phenols is 1. The quantitative estimate of drug-likeness (QED) is 0.779. The molecule has 0 amide bonds. The van der Waals surface area contributed by atoms with Crippen LogP contribution in [0, 0.1) is 0 Å². The van der Waals surface area contributed by atoms with Crippen LogP contribution in [0.25, 0.3) is 11.4 Å². The van der Waals surface area contributed by atoms with Crippen molar-refractivity contribution in [1.29, 1.82) is 0 Å². The smallest absolute Gasteiger partial charge is 0.228 e. The van der Waals surface area contributed by atoms with Gasteiger partial charge in [-0.2, -0.15) is 4.98 Å². The molecule has 3 N–H and O–H groups in total. The molecule has 0 radical (unpaired) electrons. The zero-order chi connectivity index (χ0) is 10.7. The summed E-state index contributed by atoms with van der Waals surface area (Å²) in [5.41, 5.74) is 6.17. The molecule has 1 aromatic carbocycles. The van der Waals surface area contributed by atoms with Crippen molar-refractivity contribution in [3.63, 3.8) is 0 Å². The van der Waals surface area contributed by atoms with E-state index in [4.69, 9.17) is 15.4 Å². The van der Waals surface area contributed by atoms with Gasteiger partial charge < -0.3 is 15.4 Å². The predicted octanol–water partition coefficient (Wildman–Crippen LogP) is 0.943. The van der Waals surface area contributed by atoms with E-state index in [9.17, 15) is 0 Å². The first-order valence-corrected chi connectivity index (χ1v) is 4.61. The number of rotatable bonds is 3. The fourth-order valence-electron chi connectivity index (χ4n) is 1.21. The predicted molar refractivity (Wildman–Crippen MR) is 54.2 cm³/mol. The minimum absolute atomic E-state index is 0.212. The molecule has 1 heterocycles. The molecule has 2 aromatic rings. The summed E-state index contributed by atoms with van der Waals surface area (Å²) in [4.78, 5) is 4.16. The molecule has 0 bridgehead atoms. The number of aromatic nitrogens is 2. The van der Waals surface area contributed by atoms with Gasteiger partial charge in [-0.25, -0.2) is 0 Å². The van der Waals surface area contributed by atoms with E-state index in [2.05, 4.69) is 10.1 Å². The summed E-state index contributed by atoms with van der Waals surface area (Å²) in [7, 11) is 0. The van der Waals surface area contributed by atoms with E-state index >= 15 is 0 Å². The summed E-state index contributed by atoms with van der Waals surface area (Å²) in [6.45, 7) is 0.483. The molecular weight excluding hydrogens is 194 g/mol. The van der Waals surface area contributed by atoms with Crippen molar-refractivity contribution >= 4 is 0 Å². The van der Waals surface area contributed by atoms with Crippen LogP contribution in [0.5, 0.6) is 5.75 Å². The van der Waals surface area contributed by atoms with Gasteiger partial charge >= 0.3 is 0 Å². The highest BCUT2D eigenvalue weighted by atomic mass is 16.5. The molecular formula is C10H11N3O2. The van der Waals surface area contributed by atoms with Gasteiger partial charge in [-0.3, -0.25) is 0 Å². The van der Waals surface area contributed by atoms with E-state index in [-0.39, 0.29) is 5.75 Å². The van der Waals surface area contributed by atoms with Gasteiger partial charge in [0, 0.05) is 18.5 Å². The van der Waals surface area contributed by atoms with E-state index in [0.29, 0.717) is 24.7 Å². The van der Waals surface area contributed by atoms with Crippen LogP contribution in [-0.4, -0.2) is 21.8 Å². The molecule has 0 aliphatic rings. The van der Waals surface area contributed by atoms with Crippen molar-refractivity contribution in [2.24, 2.45) is 5.73 Å². The van der Waals surface area contributed by atoms with Crippen molar-refractivity contribution in [3.8, 4) is 17.1 Å². The summed E-state index contributed by atoms with van der Waals surface area (Å²) in [5, 5.41) is 12.9. The Bertz CT molecular complexity index is 436. The van der Waals surface area contributed by atoms with Crippen LogP contribution in [0.3, 0.4) is 0 Å². The Morgan fingerprint density at radius 1 is 1.27 bits per heavy atom. The highest BCUT2D eigenvalue weighted by Crippen LogP contribution is 2.18. The second-order valence-electron chi connectivity index (χ2n) is 3.10. The van der Waals surface area contributed by atoms with Crippen molar-refractivity contribution in [2.45, 2.75) is 6.42 Å². The van der Waals surface area contributed by atoms with Crippen LogP contribution < -0.4 is 5.73 Å². The average molecular weight is 205 g/mol. The molecule has 0 saturated carbocycles. The van der Waals surface area contributed by atoms with E-state index in [1.165, 1.54) is 0 Å². The van der Waals surface area contributed by atoms with Gasteiger partial charge in [0.05, 0.1) is 0 Å². The summed E-state index contributed by atoms with van der Waals surface area (Å²) in [6.07, 6.45) is 0.574. The Hall–Kier alpha value is -1.88. The second kappa shape index (κ2) is 4.10. The fraction of sp³-hybridized carbons (Fsp3) is 0.200. The highest BCUT2D eigenvalue weighted by molar-refractivity contribution is 5.55. The molecule has 0 spiro atoms. The maximum atomic E-state index is 9.11. The minimum atomic E-state index is 0.212. The van der Waals surface area contributed by atoms with Crippen molar-refractivity contribution in [1.82, 2.24) is 10.1 Å². The van der Waals surface area contributed by atoms with Gasteiger partial charge in [-0.1, -0.05) is 5.16 Å². The fourth-order valence-corrected chi connectivity index (χ4v) is 1.21. The van der Waals surface area contributed by atoms with Crippen LogP contribution in [0.1, 0.15) is 5.89 Å². The number of nitrogens with zero attached hydrogens (tertiary/aromatic N) is 2. The number of nitrogens with two attached hydrogens (primary N) is 1. The highest BCUT2D eigenvalue weighted by Gasteiger charge is 2.07. The Labute approximate surface area is 86.5 Å². The van der Waals surface area contributed by atoms with E-state index < -0.39 is 0 Å². The third-order valence-corrected chi connectivity index (χ3v) is 1.95. The van der Waals surface area contributed by atoms with Crippen LogP contribution in [0.15, 0.2) is 28.8 Å². The zero-order valence-corrected chi connectivity index (χ0v) is 8.05. The largest absolute Gasteiger partial charge is 0.508 e. The molecule has 5 heteroatoms. The van der Waals surface area contributed by atoms with Crippen molar-refractivity contribution < 1.29 is 9.63 Å². The Morgan fingerprint density at radius 3 is 2.67 bits per heavy atom. The van der Waals surface area contributed by atoms with Crippen LogP contribution in [0.4, 0.5) is 0 Å². The van der Waals surface area contributed by atoms with E-state index in [1.807, 2.05) is 0 Å². The first-order chi connectivity index (χ1) is 7.29. The maximum absolute atomic E-state index is 9.11. The first kappa shape index (κ1) is 9.67. The molecule has 0 saturated heterocycles. The number of phenolic OH excluding ortho intramolecular Hbond substituents is 1. The van der Waals surface area contributed by atoms with Crippen LogP contribution >= 0.6 is 0 Å². The molecule has 0 atom stereocenters. The molecule has 0 unspecified atom stereocenters. The standard InChI is InChI=1S/C10H11N3O2/c11-6-5-9-12-10(13-15-9)7-1-3-8(14)4-2-7/h1-4,14H,5-6,11H2. The Kier molecular flexibility index (Phi) is 2.64. The van der Waals surface area contributed by atoms with Gasteiger partial charge in [0.25, 0.3) is 0 Å². The van der Waals surface area contributed by atoms with Gasteiger partial charge in [0.1, 0.15) is 5.75 Å². The molecule has 0 aliphatic carbocycles. The number of benzene rings is 1. The number of aromatic hydroxyl groups is 1. The number of hydrogen-bond acceptors (Lipinski definition) is 5. The van der Waals surface area contributed by atoms with Crippen LogP contribution in [-0.2, 0) is 6.42 Å². The number of hydrogen-bond donors (Lipinski definition) is 2. The normalized spacial score (nSPS) is 10.5. The zero-order valence-electron chi connectivity index (χ0n) is 8.05. The lowest BCUT2D eigenvalue weighted by atomic mass is 10.2. The average Bonchev–Trinajstić information content (AvgIpc) is 2.68. The van der Waals surface area contributed by atoms with Gasteiger partial charge in [-0.05, 0) is 24.3 Å². The van der Waals surface area contributed by atoms with E-state index in [0.717, 1.165) is 5.56 Å². The summed E-state index contributed by atoms with van der Waals surface area (Å²) >= 11 is 0. The lowest BCUT2D eigenvalue weighted by Crippen LogP contribution is -2.02. The van der Waals surface area contributed by atoms with Crippen molar-refractivity contribution in [3.05, 3.63) is 30.2 Å². The van der Waals surface area contributed by atoms with E-state index in [1.54, 1.807) is 24.3 Å². The third-order valence-electron chi connectivity index (χ3n) is 1.95. The molecule has 0 aliphatic heterocycles. The lowest BCUT2D eigenvalue weighted by Gasteiger charge is -1.93. The molecule has 0 fully saturated rings. The summed E-state index contributed by atoms with van der Waals surface area (Å²) < 4.78 is 4.99. The van der Waals surface area contributed by atoms with Crippen LogP contribution in [0.2, 0.25) is 0 Å². The lowest BCUT2D eigenvalue weighted by molar-refractivity contribution is 0.380. The van der Waals surface area contributed by atoms with Crippen molar-refractivity contribution in [2.75, 3.05) is 6.54 Å². The summed E-state index contributed by atoms with van der Waals surface area (Å²) in [6, 6.07) is 6.61. The minimum Gasteiger partial charge on any atom is -0.508 e. The third kappa shape index (κ3) is 2.13. The Balaban J connectivity index is 2.25. The monoisotopic (exact) mass is 205 g/mol. The first-order valence-electron chi connectivity index (χ1n) is 4.61. The topological polar surface area (TPSA) is 85.2 Å². The molecule has 15 heavy (non-hydrogen) atoms. The summed E-state index contributed by atoms with van der Waals surface area (Å²) in [5.74, 6) is 1.25. The SMILES string of the molecule is NCCc1nc(-c2ccc(O)cc2)no1. The maximum Gasteiger partial charge on any atom is 0.228 e. The van der Waals surface area contributed by atoms with Gasteiger partial charge in [0.2, 0.25) is 11.7 Å².